The zero-order chi connectivity index (χ0) is 4.99. The predicted octanol–water partition coefficient (Wildman–Crippen LogP) is 2.20. The third kappa shape index (κ3) is 4.48. The summed E-state index contributed by atoms with van der Waals surface area (Å²) in [6.45, 7) is 7.36. The zero-order valence-corrected chi connectivity index (χ0v) is 5.37. The molecule has 0 aromatic heterocycles. The molecule has 0 nitrogen and oxygen atoms in total. The van der Waals surface area contributed by atoms with E-state index in [2.05, 4.69) is 29.8 Å². The molecule has 0 aromatic carbocycles. The molecule has 36 valence electrons. The number of rotatable bonds is 2. The van der Waals surface area contributed by atoms with Crippen molar-refractivity contribution in [3.05, 3.63) is 13.8 Å². The molecule has 1 unspecified atom stereocenters. The van der Waals surface area contributed by atoms with Crippen molar-refractivity contribution in [1.29, 1.82) is 0 Å². The molecule has 2 radical (unpaired) electrons. The highest BCUT2D eigenvalue weighted by atomic mass is 79.9. The van der Waals surface area contributed by atoms with E-state index in [-0.39, 0.29) is 0 Å². The van der Waals surface area contributed by atoms with Gasteiger partial charge in [-0.3, -0.25) is 0 Å². The van der Waals surface area contributed by atoms with Crippen LogP contribution in [0.4, 0.5) is 0 Å². The van der Waals surface area contributed by atoms with Crippen molar-refractivity contribution in [2.45, 2.75) is 17.7 Å². The van der Waals surface area contributed by atoms with Crippen molar-refractivity contribution < 1.29 is 0 Å². The molecule has 0 saturated heterocycles. The van der Waals surface area contributed by atoms with Crippen molar-refractivity contribution in [3.8, 4) is 0 Å². The van der Waals surface area contributed by atoms with E-state index in [1.165, 1.54) is 0 Å². The minimum absolute atomic E-state index is 0.398. The van der Waals surface area contributed by atoms with Gasteiger partial charge in [-0.1, -0.05) is 29.3 Å². The molecule has 0 heterocycles. The van der Waals surface area contributed by atoms with Gasteiger partial charge in [0.2, 0.25) is 0 Å². The van der Waals surface area contributed by atoms with Crippen LogP contribution in [0, 0.1) is 13.8 Å². The fourth-order valence-corrected chi connectivity index (χ4v) is 0.545. The Morgan fingerprint density at radius 1 is 1.67 bits per heavy atom. The van der Waals surface area contributed by atoms with Gasteiger partial charge in [-0.05, 0) is 13.3 Å². The maximum Gasteiger partial charge on any atom is 0.0146 e. The lowest BCUT2D eigenvalue weighted by Gasteiger charge is -1.93. The number of hydrogen-bond acceptors (Lipinski definition) is 0. The van der Waals surface area contributed by atoms with E-state index in [0.717, 1.165) is 12.8 Å². The molecule has 0 N–H and O–H groups in total. The Balaban J connectivity index is 2.63. The Morgan fingerprint density at radius 2 is 2.17 bits per heavy atom. The molecule has 0 aromatic rings. The second-order valence-electron chi connectivity index (χ2n) is 1.24. The van der Waals surface area contributed by atoms with E-state index >= 15 is 0 Å². The van der Waals surface area contributed by atoms with Gasteiger partial charge < -0.3 is 0 Å². The Bertz CT molecular complexity index is 25.1. The van der Waals surface area contributed by atoms with Crippen LogP contribution < -0.4 is 0 Å². The Morgan fingerprint density at radius 3 is 2.17 bits per heavy atom. The minimum atomic E-state index is 0.398. The molecule has 0 spiro atoms. The van der Waals surface area contributed by atoms with Gasteiger partial charge in [-0.2, -0.15) is 0 Å². The third-order valence-electron chi connectivity index (χ3n) is 0.517. The van der Waals surface area contributed by atoms with Gasteiger partial charge in [-0.25, -0.2) is 0 Å². The average Bonchev–Trinajstić information content (AvgIpc) is 1.35. The summed E-state index contributed by atoms with van der Waals surface area (Å²) in [6, 6.07) is 0. The zero-order valence-electron chi connectivity index (χ0n) is 3.78. The topological polar surface area (TPSA) is 0 Å². The van der Waals surface area contributed by atoms with Gasteiger partial charge in [0.25, 0.3) is 0 Å². The largest absolute Gasteiger partial charge is 0.0891 e. The second kappa shape index (κ2) is 3.66. The molecule has 1 heteroatoms. The van der Waals surface area contributed by atoms with E-state index in [4.69, 9.17) is 0 Å². The van der Waals surface area contributed by atoms with E-state index in [1.807, 2.05) is 0 Å². The summed E-state index contributed by atoms with van der Waals surface area (Å²) >= 11 is 3.28. The lowest BCUT2D eigenvalue weighted by Crippen LogP contribution is -1.85. The highest BCUT2D eigenvalue weighted by Gasteiger charge is 1.88. The summed E-state index contributed by atoms with van der Waals surface area (Å²) in [5.74, 6) is 0. The number of halogens is 1. The second-order valence-corrected chi connectivity index (χ2v) is 2.53. The number of alkyl halides is 1. The summed E-state index contributed by atoms with van der Waals surface area (Å²) < 4.78 is 0. The Kier molecular flexibility index (Phi) is 3.96. The van der Waals surface area contributed by atoms with Crippen LogP contribution in [0.3, 0.4) is 0 Å². The van der Waals surface area contributed by atoms with Gasteiger partial charge in [0.05, 0.1) is 0 Å². The first-order valence-electron chi connectivity index (χ1n) is 2.03. The van der Waals surface area contributed by atoms with Gasteiger partial charge in [-0.15, -0.1) is 0 Å². The minimum Gasteiger partial charge on any atom is -0.0891 e. The average molecular weight is 149 g/mol. The SMILES string of the molecule is [CH2]CCC([CH2])Br. The molecule has 0 rings (SSSR count). The van der Waals surface area contributed by atoms with Crippen LogP contribution in [0.15, 0.2) is 0 Å². The monoisotopic (exact) mass is 148 g/mol. The summed E-state index contributed by atoms with van der Waals surface area (Å²) in [4.78, 5) is 0.398. The molecule has 0 amide bonds. The third-order valence-corrected chi connectivity index (χ3v) is 0.975. The quantitative estimate of drug-likeness (QED) is 0.528. The van der Waals surface area contributed by atoms with E-state index in [9.17, 15) is 0 Å². The Labute approximate surface area is 48.1 Å². The van der Waals surface area contributed by atoms with E-state index < -0.39 is 0 Å². The fourth-order valence-electron chi connectivity index (χ4n) is 0.221. The van der Waals surface area contributed by atoms with Crippen LogP contribution in [0.5, 0.6) is 0 Å². The fraction of sp³-hybridized carbons (Fsp3) is 0.600. The van der Waals surface area contributed by atoms with E-state index in [1.54, 1.807) is 0 Å². The van der Waals surface area contributed by atoms with Crippen LogP contribution in [0.1, 0.15) is 12.8 Å². The lowest BCUT2D eigenvalue weighted by atomic mass is 10.3. The van der Waals surface area contributed by atoms with Crippen molar-refractivity contribution in [3.63, 3.8) is 0 Å². The summed E-state index contributed by atoms with van der Waals surface area (Å²) in [5.41, 5.74) is 0. The van der Waals surface area contributed by atoms with Crippen molar-refractivity contribution in [2.75, 3.05) is 0 Å². The smallest absolute Gasteiger partial charge is 0.0146 e. The van der Waals surface area contributed by atoms with Crippen LogP contribution in [0.25, 0.3) is 0 Å². The molecule has 0 aliphatic rings. The van der Waals surface area contributed by atoms with Crippen molar-refractivity contribution in [2.24, 2.45) is 0 Å². The first kappa shape index (κ1) is 6.48. The Hall–Kier alpha value is 0.480. The molecule has 0 aliphatic heterocycles. The van der Waals surface area contributed by atoms with Crippen molar-refractivity contribution in [1.82, 2.24) is 0 Å². The van der Waals surface area contributed by atoms with Gasteiger partial charge in [0.1, 0.15) is 0 Å². The molecule has 6 heavy (non-hydrogen) atoms. The maximum absolute atomic E-state index is 3.70. The van der Waals surface area contributed by atoms with Gasteiger partial charge in [0, 0.05) is 4.83 Å². The standard InChI is InChI=1S/C5H9Br/c1-3-4-5(2)6/h5H,1-4H2. The highest BCUT2D eigenvalue weighted by molar-refractivity contribution is 9.09. The molecule has 0 bridgehead atoms. The molecule has 0 saturated carbocycles. The summed E-state index contributed by atoms with van der Waals surface area (Å²) in [7, 11) is 0. The lowest BCUT2D eigenvalue weighted by molar-refractivity contribution is 0.890. The molecular weight excluding hydrogens is 140 g/mol. The summed E-state index contributed by atoms with van der Waals surface area (Å²) in [5, 5.41) is 0. The van der Waals surface area contributed by atoms with Crippen LogP contribution in [-0.4, -0.2) is 4.83 Å². The highest BCUT2D eigenvalue weighted by Crippen LogP contribution is 2.03. The first-order chi connectivity index (χ1) is 2.77. The number of hydrogen-bond donors (Lipinski definition) is 0. The van der Waals surface area contributed by atoms with Crippen LogP contribution in [-0.2, 0) is 0 Å². The predicted molar refractivity (Wildman–Crippen MR) is 32.7 cm³/mol. The molecule has 0 aliphatic carbocycles. The van der Waals surface area contributed by atoms with E-state index in [0.29, 0.717) is 4.83 Å². The van der Waals surface area contributed by atoms with Gasteiger partial charge in [0.15, 0.2) is 0 Å². The molecule has 0 fully saturated rings. The van der Waals surface area contributed by atoms with Crippen molar-refractivity contribution >= 4 is 15.9 Å². The molecule has 1 atom stereocenters. The normalized spacial score (nSPS) is 14.5. The van der Waals surface area contributed by atoms with Gasteiger partial charge >= 0.3 is 0 Å². The molecular formula is C5H9Br. The summed E-state index contributed by atoms with van der Waals surface area (Å²) in [6.07, 6.45) is 2.04. The van der Waals surface area contributed by atoms with Crippen LogP contribution in [0.2, 0.25) is 0 Å². The first-order valence-corrected chi connectivity index (χ1v) is 2.95. The van der Waals surface area contributed by atoms with Crippen LogP contribution >= 0.6 is 15.9 Å². The maximum atomic E-state index is 3.70.